The van der Waals surface area contributed by atoms with Crippen molar-refractivity contribution in [1.29, 1.82) is 0 Å². The molecule has 0 aliphatic rings. The first kappa shape index (κ1) is 20.3. The minimum absolute atomic E-state index is 0.243. The molecule has 0 saturated carbocycles. The van der Waals surface area contributed by atoms with Crippen molar-refractivity contribution in [2.45, 2.75) is 6.92 Å². The third kappa shape index (κ3) is 4.89. The third-order valence-electron chi connectivity index (χ3n) is 3.72. The number of aryl methyl sites for hydroxylation is 1. The van der Waals surface area contributed by atoms with Crippen molar-refractivity contribution in [1.82, 2.24) is 15.4 Å². The average molecular weight is 434 g/mol. The van der Waals surface area contributed by atoms with Gasteiger partial charge in [-0.25, -0.2) is 4.98 Å². The molecule has 0 fully saturated rings. The number of carbonyl (C=O) groups is 1. The van der Waals surface area contributed by atoms with Crippen molar-refractivity contribution in [2.24, 2.45) is 0 Å². The van der Waals surface area contributed by atoms with E-state index in [4.69, 9.17) is 27.9 Å². The quantitative estimate of drug-likeness (QED) is 0.432. The largest absolute Gasteiger partial charge is 0.434 e. The maximum atomic E-state index is 12.2. The van der Waals surface area contributed by atoms with Crippen LogP contribution in [0.5, 0.6) is 11.6 Å². The molecule has 0 radical (unpaired) electrons. The van der Waals surface area contributed by atoms with Gasteiger partial charge in [0.1, 0.15) is 12.1 Å². The Morgan fingerprint density at radius 2 is 1.86 bits per heavy atom. The van der Waals surface area contributed by atoms with Crippen LogP contribution in [0.2, 0.25) is 10.0 Å². The summed E-state index contributed by atoms with van der Waals surface area (Å²) in [5.74, 6) is -0.766. The van der Waals surface area contributed by atoms with Gasteiger partial charge in [0.25, 0.3) is 5.91 Å². The van der Waals surface area contributed by atoms with E-state index >= 15 is 0 Å². The average Bonchev–Trinajstić information content (AvgIpc) is 2.69. The minimum Gasteiger partial charge on any atom is -0.434 e. The standard InChI is InChI=1S/C18H13Cl2N5O4/c1-10-8-13(6-7-14(10)20)29-18-15(25(27)28)16(21-9-22-18)23-24-17(26)11-2-4-12(19)5-3-11/h2-9H,1H3,(H,24,26)(H,21,22,23). The zero-order chi connectivity index (χ0) is 21.0. The molecule has 148 valence electrons. The smallest absolute Gasteiger partial charge is 0.374 e. The van der Waals surface area contributed by atoms with Gasteiger partial charge in [-0.05, 0) is 55.0 Å². The zero-order valence-corrected chi connectivity index (χ0v) is 16.4. The number of amides is 1. The molecule has 0 unspecified atom stereocenters. The lowest BCUT2D eigenvalue weighted by atomic mass is 10.2. The lowest BCUT2D eigenvalue weighted by Crippen LogP contribution is -2.30. The molecular formula is C18H13Cl2N5O4. The van der Waals surface area contributed by atoms with E-state index < -0.39 is 16.5 Å². The second kappa shape index (κ2) is 8.72. The number of ether oxygens (including phenoxy) is 1. The second-order valence-corrected chi connectivity index (χ2v) is 6.58. The molecule has 0 spiro atoms. The molecule has 0 atom stereocenters. The molecule has 0 aliphatic heterocycles. The molecular weight excluding hydrogens is 421 g/mol. The van der Waals surface area contributed by atoms with Crippen LogP contribution in [0.25, 0.3) is 0 Å². The van der Waals surface area contributed by atoms with E-state index in [2.05, 4.69) is 20.8 Å². The summed E-state index contributed by atoms with van der Waals surface area (Å²) in [6.07, 6.45) is 1.07. The number of halogens is 2. The fourth-order valence-corrected chi connectivity index (χ4v) is 2.52. The molecule has 0 aliphatic carbocycles. The van der Waals surface area contributed by atoms with Gasteiger partial charge in [0.2, 0.25) is 5.82 Å². The normalized spacial score (nSPS) is 10.3. The zero-order valence-electron chi connectivity index (χ0n) is 14.8. The highest BCUT2D eigenvalue weighted by atomic mass is 35.5. The first-order chi connectivity index (χ1) is 13.8. The highest BCUT2D eigenvalue weighted by Gasteiger charge is 2.25. The molecule has 0 bridgehead atoms. The molecule has 0 saturated heterocycles. The number of nitro groups is 1. The molecule has 1 aromatic heterocycles. The lowest BCUT2D eigenvalue weighted by Gasteiger charge is -2.11. The van der Waals surface area contributed by atoms with E-state index in [0.29, 0.717) is 21.4 Å². The van der Waals surface area contributed by atoms with E-state index in [1.165, 1.54) is 12.1 Å². The number of rotatable bonds is 6. The summed E-state index contributed by atoms with van der Waals surface area (Å²) in [5, 5.41) is 12.6. The molecule has 29 heavy (non-hydrogen) atoms. The summed E-state index contributed by atoms with van der Waals surface area (Å²) in [6, 6.07) is 10.9. The summed E-state index contributed by atoms with van der Waals surface area (Å²) < 4.78 is 5.53. The number of benzene rings is 2. The van der Waals surface area contributed by atoms with Crippen LogP contribution in [0.15, 0.2) is 48.8 Å². The monoisotopic (exact) mass is 433 g/mol. The molecule has 1 heterocycles. The van der Waals surface area contributed by atoms with E-state index in [-0.39, 0.29) is 11.7 Å². The number of aromatic nitrogens is 2. The predicted octanol–water partition coefficient (Wildman–Crippen LogP) is 4.55. The summed E-state index contributed by atoms with van der Waals surface area (Å²) >= 11 is 11.8. The van der Waals surface area contributed by atoms with Crippen LogP contribution >= 0.6 is 23.2 Å². The third-order valence-corrected chi connectivity index (χ3v) is 4.39. The molecule has 3 aromatic rings. The summed E-state index contributed by atoms with van der Waals surface area (Å²) in [4.78, 5) is 30.7. The molecule has 3 rings (SSSR count). The van der Waals surface area contributed by atoms with Crippen molar-refractivity contribution >= 4 is 40.6 Å². The number of carbonyl (C=O) groups excluding carboxylic acids is 1. The van der Waals surface area contributed by atoms with Gasteiger partial charge in [0, 0.05) is 15.6 Å². The van der Waals surface area contributed by atoms with Crippen molar-refractivity contribution in [3.05, 3.63) is 80.1 Å². The topological polar surface area (TPSA) is 119 Å². The van der Waals surface area contributed by atoms with Gasteiger partial charge in [-0.1, -0.05) is 23.2 Å². The van der Waals surface area contributed by atoms with Crippen LogP contribution in [0, 0.1) is 17.0 Å². The second-order valence-electron chi connectivity index (χ2n) is 5.73. The van der Waals surface area contributed by atoms with Crippen LogP contribution < -0.4 is 15.6 Å². The molecule has 2 N–H and O–H groups in total. The maximum Gasteiger partial charge on any atom is 0.374 e. The SMILES string of the molecule is Cc1cc(Oc2ncnc(NNC(=O)c3ccc(Cl)cc3)c2[N+](=O)[O-])ccc1Cl. The van der Waals surface area contributed by atoms with Gasteiger partial charge in [-0.15, -0.1) is 0 Å². The Kier molecular flexibility index (Phi) is 6.10. The number of hydrazine groups is 1. The van der Waals surface area contributed by atoms with Crippen molar-refractivity contribution in [3.8, 4) is 11.6 Å². The molecule has 11 heteroatoms. The van der Waals surface area contributed by atoms with Crippen molar-refractivity contribution in [2.75, 3.05) is 5.43 Å². The van der Waals surface area contributed by atoms with Crippen LogP contribution in [-0.2, 0) is 0 Å². The van der Waals surface area contributed by atoms with Gasteiger partial charge < -0.3 is 4.74 Å². The fraction of sp³-hybridized carbons (Fsp3) is 0.0556. The van der Waals surface area contributed by atoms with Gasteiger partial charge in [-0.3, -0.25) is 25.8 Å². The Labute approximate surface area is 174 Å². The predicted molar refractivity (Wildman–Crippen MR) is 107 cm³/mol. The number of anilines is 1. The molecule has 1 amide bonds. The summed E-state index contributed by atoms with van der Waals surface area (Å²) in [5.41, 5.74) is 5.25. The van der Waals surface area contributed by atoms with Gasteiger partial charge >= 0.3 is 11.6 Å². The summed E-state index contributed by atoms with van der Waals surface area (Å²) in [7, 11) is 0. The Morgan fingerprint density at radius 1 is 1.14 bits per heavy atom. The van der Waals surface area contributed by atoms with Crippen LogP contribution in [0.4, 0.5) is 11.5 Å². The van der Waals surface area contributed by atoms with Crippen LogP contribution in [0.1, 0.15) is 15.9 Å². The number of hydrogen-bond acceptors (Lipinski definition) is 7. The maximum absolute atomic E-state index is 12.2. The Bertz CT molecular complexity index is 1080. The fourth-order valence-electron chi connectivity index (χ4n) is 2.28. The van der Waals surface area contributed by atoms with E-state index in [1.807, 2.05) is 0 Å². The van der Waals surface area contributed by atoms with Crippen LogP contribution in [-0.4, -0.2) is 20.8 Å². The van der Waals surface area contributed by atoms with E-state index in [0.717, 1.165) is 11.9 Å². The minimum atomic E-state index is -0.713. The molecule has 2 aromatic carbocycles. The van der Waals surface area contributed by atoms with E-state index in [9.17, 15) is 14.9 Å². The highest BCUT2D eigenvalue weighted by molar-refractivity contribution is 6.31. The Morgan fingerprint density at radius 3 is 2.52 bits per heavy atom. The Balaban J connectivity index is 1.82. The van der Waals surface area contributed by atoms with Gasteiger partial charge in [0.15, 0.2) is 0 Å². The number of nitrogens with zero attached hydrogens (tertiary/aromatic N) is 3. The van der Waals surface area contributed by atoms with Crippen molar-refractivity contribution in [3.63, 3.8) is 0 Å². The van der Waals surface area contributed by atoms with Crippen LogP contribution in [0.3, 0.4) is 0 Å². The molecule has 9 nitrogen and oxygen atoms in total. The van der Waals surface area contributed by atoms with Crippen molar-refractivity contribution < 1.29 is 14.5 Å². The number of hydrogen-bond donors (Lipinski definition) is 2. The summed E-state index contributed by atoms with van der Waals surface area (Å²) in [6.45, 7) is 1.77. The van der Waals surface area contributed by atoms with E-state index in [1.54, 1.807) is 37.3 Å². The van der Waals surface area contributed by atoms with Gasteiger partial charge in [-0.2, -0.15) is 4.98 Å². The highest BCUT2D eigenvalue weighted by Crippen LogP contribution is 2.34. The first-order valence-corrected chi connectivity index (χ1v) is 8.86. The lowest BCUT2D eigenvalue weighted by molar-refractivity contribution is -0.385. The first-order valence-electron chi connectivity index (χ1n) is 8.10. The number of nitrogens with one attached hydrogen (secondary N) is 2. The van der Waals surface area contributed by atoms with Gasteiger partial charge in [0.05, 0.1) is 4.92 Å². The Hall–Kier alpha value is -3.43.